The molecule has 0 aromatic heterocycles. The molecule has 16 heavy (non-hydrogen) atoms. The summed E-state index contributed by atoms with van der Waals surface area (Å²) in [4.78, 5) is 10.7. The summed E-state index contributed by atoms with van der Waals surface area (Å²) in [6.45, 7) is 1.49. The molecule has 88 valence electrons. The summed E-state index contributed by atoms with van der Waals surface area (Å²) in [6, 6.07) is 6.07. The lowest BCUT2D eigenvalue weighted by atomic mass is 10.1. The van der Waals surface area contributed by atoms with Crippen LogP contribution in [0.15, 0.2) is 28.7 Å². The van der Waals surface area contributed by atoms with Crippen LogP contribution in [0.3, 0.4) is 0 Å². The fourth-order valence-electron chi connectivity index (χ4n) is 1.18. The molecule has 1 atom stereocenters. The fourth-order valence-corrected chi connectivity index (χ4v) is 1.81. The zero-order valence-electron chi connectivity index (χ0n) is 8.31. The minimum atomic E-state index is -4.85. The van der Waals surface area contributed by atoms with E-state index in [1.54, 1.807) is 24.3 Å². The van der Waals surface area contributed by atoms with Crippen molar-refractivity contribution in [2.24, 2.45) is 0 Å². The van der Waals surface area contributed by atoms with Crippen LogP contribution in [0.2, 0.25) is 0 Å². The van der Waals surface area contributed by atoms with E-state index in [1.165, 1.54) is 6.92 Å². The molecule has 1 rings (SSSR count). The molecule has 0 aliphatic heterocycles. The van der Waals surface area contributed by atoms with Gasteiger partial charge in [-0.3, -0.25) is 4.79 Å². The van der Waals surface area contributed by atoms with E-state index in [9.17, 15) is 18.0 Å². The standard InChI is InChI=1S/C10H9BrF3NO/c1-6(15-9(16)10(12,13)14)7-4-2-3-5-8(7)11/h2-6H,1H3,(H,15,16). The highest BCUT2D eigenvalue weighted by Crippen LogP contribution is 2.24. The van der Waals surface area contributed by atoms with Crippen LogP contribution in [0, 0.1) is 0 Å². The summed E-state index contributed by atoms with van der Waals surface area (Å²) >= 11 is 3.20. The van der Waals surface area contributed by atoms with E-state index in [4.69, 9.17) is 0 Å². The minimum Gasteiger partial charge on any atom is -0.342 e. The number of amides is 1. The second kappa shape index (κ2) is 4.86. The molecule has 1 amide bonds. The third-order valence-electron chi connectivity index (χ3n) is 1.98. The first-order valence-corrected chi connectivity index (χ1v) is 5.24. The van der Waals surface area contributed by atoms with Crippen LogP contribution < -0.4 is 5.32 Å². The molecule has 0 spiro atoms. The maximum Gasteiger partial charge on any atom is 0.471 e. The van der Waals surface area contributed by atoms with E-state index in [-0.39, 0.29) is 0 Å². The Hall–Kier alpha value is -1.04. The van der Waals surface area contributed by atoms with Gasteiger partial charge in [0, 0.05) is 4.47 Å². The number of benzene rings is 1. The van der Waals surface area contributed by atoms with Gasteiger partial charge in [-0.1, -0.05) is 34.1 Å². The molecule has 1 N–H and O–H groups in total. The smallest absolute Gasteiger partial charge is 0.342 e. The van der Waals surface area contributed by atoms with Gasteiger partial charge in [-0.25, -0.2) is 0 Å². The van der Waals surface area contributed by atoms with Gasteiger partial charge in [-0.2, -0.15) is 13.2 Å². The lowest BCUT2D eigenvalue weighted by Gasteiger charge is -2.16. The van der Waals surface area contributed by atoms with Gasteiger partial charge < -0.3 is 5.32 Å². The van der Waals surface area contributed by atoms with Gasteiger partial charge in [0.25, 0.3) is 0 Å². The van der Waals surface area contributed by atoms with E-state index in [1.807, 2.05) is 5.32 Å². The molecule has 0 aliphatic rings. The van der Waals surface area contributed by atoms with Crippen LogP contribution >= 0.6 is 15.9 Å². The number of hydrogen-bond donors (Lipinski definition) is 1. The van der Waals surface area contributed by atoms with Crippen LogP contribution in [-0.2, 0) is 4.79 Å². The van der Waals surface area contributed by atoms with Crippen molar-refractivity contribution in [2.75, 3.05) is 0 Å². The van der Waals surface area contributed by atoms with Crippen LogP contribution in [-0.4, -0.2) is 12.1 Å². The third kappa shape index (κ3) is 3.23. The summed E-state index contributed by atoms with van der Waals surface area (Å²) in [5.41, 5.74) is 0.597. The average molecular weight is 296 g/mol. The van der Waals surface area contributed by atoms with Crippen molar-refractivity contribution in [3.05, 3.63) is 34.3 Å². The summed E-state index contributed by atoms with van der Waals surface area (Å²) in [5, 5.41) is 1.88. The van der Waals surface area contributed by atoms with Crippen molar-refractivity contribution in [1.82, 2.24) is 5.32 Å². The highest BCUT2D eigenvalue weighted by Gasteiger charge is 2.39. The van der Waals surface area contributed by atoms with Gasteiger partial charge in [0.05, 0.1) is 6.04 Å². The molecule has 1 aromatic carbocycles. The van der Waals surface area contributed by atoms with Crippen molar-refractivity contribution in [1.29, 1.82) is 0 Å². The Balaban J connectivity index is 2.78. The number of nitrogens with one attached hydrogen (secondary N) is 1. The first kappa shape index (κ1) is 13.0. The minimum absolute atomic E-state index is 0.597. The Morgan fingerprint density at radius 2 is 1.94 bits per heavy atom. The normalized spacial score (nSPS) is 13.3. The summed E-state index contributed by atoms with van der Waals surface area (Å²) in [5.74, 6) is -1.93. The van der Waals surface area contributed by atoms with Crippen LogP contribution in [0.4, 0.5) is 13.2 Å². The van der Waals surface area contributed by atoms with Gasteiger partial charge in [0.2, 0.25) is 0 Å². The second-order valence-corrected chi connectivity index (χ2v) is 4.07. The first-order valence-electron chi connectivity index (χ1n) is 4.44. The summed E-state index contributed by atoms with van der Waals surface area (Å²) in [6.07, 6.45) is -4.85. The van der Waals surface area contributed by atoms with E-state index in [0.29, 0.717) is 10.0 Å². The zero-order valence-corrected chi connectivity index (χ0v) is 9.89. The molecule has 0 aliphatic carbocycles. The Morgan fingerprint density at radius 1 is 1.38 bits per heavy atom. The van der Waals surface area contributed by atoms with Crippen molar-refractivity contribution < 1.29 is 18.0 Å². The molecule has 1 unspecified atom stereocenters. The highest BCUT2D eigenvalue weighted by molar-refractivity contribution is 9.10. The predicted octanol–water partition coefficient (Wildman–Crippen LogP) is 3.19. The number of hydrogen-bond acceptors (Lipinski definition) is 1. The van der Waals surface area contributed by atoms with Crippen molar-refractivity contribution in [2.45, 2.75) is 19.1 Å². The van der Waals surface area contributed by atoms with E-state index < -0.39 is 18.1 Å². The molecule has 2 nitrogen and oxygen atoms in total. The number of carbonyl (C=O) groups excluding carboxylic acids is 1. The topological polar surface area (TPSA) is 29.1 Å². The Bertz CT molecular complexity index is 392. The Morgan fingerprint density at radius 3 is 2.44 bits per heavy atom. The number of halogens is 4. The zero-order chi connectivity index (χ0) is 12.3. The largest absolute Gasteiger partial charge is 0.471 e. The van der Waals surface area contributed by atoms with Crippen LogP contribution in [0.5, 0.6) is 0 Å². The highest BCUT2D eigenvalue weighted by atomic mass is 79.9. The third-order valence-corrected chi connectivity index (χ3v) is 2.70. The second-order valence-electron chi connectivity index (χ2n) is 3.21. The molecule has 6 heteroatoms. The summed E-state index contributed by atoms with van der Waals surface area (Å²) in [7, 11) is 0. The lowest BCUT2D eigenvalue weighted by molar-refractivity contribution is -0.174. The molecule has 0 radical (unpaired) electrons. The fraction of sp³-hybridized carbons (Fsp3) is 0.300. The van der Waals surface area contributed by atoms with Gasteiger partial charge in [-0.05, 0) is 18.6 Å². The van der Waals surface area contributed by atoms with E-state index >= 15 is 0 Å². The number of carbonyl (C=O) groups is 1. The molecule has 0 saturated carbocycles. The predicted molar refractivity (Wildman–Crippen MR) is 56.8 cm³/mol. The van der Waals surface area contributed by atoms with Crippen molar-refractivity contribution in [3.8, 4) is 0 Å². The monoisotopic (exact) mass is 295 g/mol. The molecule has 0 saturated heterocycles. The molecule has 0 heterocycles. The van der Waals surface area contributed by atoms with E-state index in [2.05, 4.69) is 15.9 Å². The molecular weight excluding hydrogens is 287 g/mol. The molecule has 1 aromatic rings. The van der Waals surface area contributed by atoms with Crippen molar-refractivity contribution >= 4 is 21.8 Å². The number of alkyl halides is 3. The maximum atomic E-state index is 12.0. The SMILES string of the molecule is CC(NC(=O)C(F)(F)F)c1ccccc1Br. The number of rotatable bonds is 2. The average Bonchev–Trinajstić information content (AvgIpc) is 2.16. The first-order chi connectivity index (χ1) is 7.32. The van der Waals surface area contributed by atoms with E-state index in [0.717, 1.165) is 0 Å². The van der Waals surface area contributed by atoms with Gasteiger partial charge in [0.15, 0.2) is 0 Å². The van der Waals surface area contributed by atoms with Crippen molar-refractivity contribution in [3.63, 3.8) is 0 Å². The Kier molecular flexibility index (Phi) is 3.96. The van der Waals surface area contributed by atoms with Gasteiger partial charge in [0.1, 0.15) is 0 Å². The van der Waals surface area contributed by atoms with Gasteiger partial charge >= 0.3 is 12.1 Å². The Labute approximate surface area is 99.0 Å². The summed E-state index contributed by atoms with van der Waals surface area (Å²) < 4.78 is 36.7. The molecule has 0 fully saturated rings. The molecular formula is C10H9BrF3NO. The lowest BCUT2D eigenvalue weighted by Crippen LogP contribution is -2.38. The van der Waals surface area contributed by atoms with Gasteiger partial charge in [-0.15, -0.1) is 0 Å². The maximum absolute atomic E-state index is 12.0. The quantitative estimate of drug-likeness (QED) is 0.892. The molecule has 0 bridgehead atoms. The van der Waals surface area contributed by atoms with Crippen LogP contribution in [0.1, 0.15) is 18.5 Å². The van der Waals surface area contributed by atoms with Crippen LogP contribution in [0.25, 0.3) is 0 Å².